The van der Waals surface area contributed by atoms with Gasteiger partial charge in [-0.25, -0.2) is 8.42 Å². The molecule has 6 nitrogen and oxygen atoms in total. The number of carbonyl (C=O) groups is 1. The van der Waals surface area contributed by atoms with Crippen molar-refractivity contribution in [2.75, 3.05) is 17.8 Å². The van der Waals surface area contributed by atoms with Crippen LogP contribution < -0.4 is 4.72 Å². The summed E-state index contributed by atoms with van der Waals surface area (Å²) in [5.74, 6) is -0.110. The molecular weight excluding hydrogens is 350 g/mol. The molecule has 0 aliphatic carbocycles. The molecule has 2 aromatic rings. The lowest BCUT2D eigenvalue weighted by atomic mass is 10.1. The second-order valence-corrected chi connectivity index (χ2v) is 8.67. The molecule has 1 fully saturated rings. The summed E-state index contributed by atoms with van der Waals surface area (Å²) in [5.41, 5.74) is 3.45. The molecule has 0 atom stereocenters. The van der Waals surface area contributed by atoms with Gasteiger partial charge in [0.1, 0.15) is 10.6 Å². The number of likely N-dealkylation sites (tertiary alicyclic amines) is 1. The molecule has 0 saturated carbocycles. The number of aromatic nitrogens is 1. The third-order valence-corrected chi connectivity index (χ3v) is 6.36. The molecule has 1 aromatic heterocycles. The molecule has 26 heavy (non-hydrogen) atoms. The van der Waals surface area contributed by atoms with Crippen LogP contribution in [0.5, 0.6) is 0 Å². The topological polar surface area (TPSA) is 71.4 Å². The Bertz CT molecular complexity index is 934. The molecule has 3 rings (SSSR count). The third kappa shape index (κ3) is 3.49. The summed E-state index contributed by atoms with van der Waals surface area (Å²) in [7, 11) is -2.05. The molecule has 1 N–H and O–H groups in total. The first-order chi connectivity index (χ1) is 12.2. The lowest BCUT2D eigenvalue weighted by Gasteiger charge is -2.15. The van der Waals surface area contributed by atoms with Crippen LogP contribution in [0.3, 0.4) is 0 Å². The van der Waals surface area contributed by atoms with Gasteiger partial charge in [0.25, 0.3) is 15.9 Å². The van der Waals surface area contributed by atoms with Crippen molar-refractivity contribution < 1.29 is 13.2 Å². The first kappa shape index (κ1) is 18.5. The van der Waals surface area contributed by atoms with E-state index in [0.717, 1.165) is 37.1 Å². The van der Waals surface area contributed by atoms with Gasteiger partial charge in [-0.2, -0.15) is 0 Å². The Morgan fingerprint density at radius 3 is 2.15 bits per heavy atom. The quantitative estimate of drug-likeness (QED) is 0.893. The van der Waals surface area contributed by atoms with Gasteiger partial charge in [0.2, 0.25) is 0 Å². The zero-order chi connectivity index (χ0) is 19.1. The second-order valence-electron chi connectivity index (χ2n) is 7.02. The van der Waals surface area contributed by atoms with Gasteiger partial charge in [-0.15, -0.1) is 0 Å². The van der Waals surface area contributed by atoms with Crippen LogP contribution >= 0.6 is 0 Å². The van der Waals surface area contributed by atoms with E-state index in [1.54, 1.807) is 35.6 Å². The highest BCUT2D eigenvalue weighted by atomic mass is 32.2. The predicted molar refractivity (Wildman–Crippen MR) is 102 cm³/mol. The Kier molecular flexibility index (Phi) is 4.84. The minimum absolute atomic E-state index is 0.110. The number of benzene rings is 1. The van der Waals surface area contributed by atoms with E-state index in [-0.39, 0.29) is 10.8 Å². The van der Waals surface area contributed by atoms with Crippen LogP contribution in [0, 0.1) is 20.8 Å². The van der Waals surface area contributed by atoms with Crippen LogP contribution in [0.4, 0.5) is 5.69 Å². The predicted octanol–water partition coefficient (Wildman–Crippen LogP) is 2.99. The van der Waals surface area contributed by atoms with Gasteiger partial charge in [-0.05, 0) is 62.9 Å². The maximum absolute atomic E-state index is 12.9. The van der Waals surface area contributed by atoms with E-state index >= 15 is 0 Å². The summed E-state index contributed by atoms with van der Waals surface area (Å²) in [6.07, 6.45) is 1.99. The number of hydrogen-bond donors (Lipinski definition) is 1. The summed E-state index contributed by atoms with van der Waals surface area (Å²) in [6.45, 7) is 7.02. The highest BCUT2D eigenvalue weighted by Crippen LogP contribution is 2.25. The van der Waals surface area contributed by atoms with Crippen molar-refractivity contribution in [1.82, 2.24) is 9.47 Å². The molecule has 1 saturated heterocycles. The van der Waals surface area contributed by atoms with E-state index in [4.69, 9.17) is 0 Å². The molecule has 1 aliphatic rings. The largest absolute Gasteiger partial charge is 0.343 e. The third-order valence-electron chi connectivity index (χ3n) is 4.86. The molecule has 1 aliphatic heterocycles. The number of rotatable bonds is 4. The zero-order valence-electron chi connectivity index (χ0n) is 15.7. The normalized spacial score (nSPS) is 14.7. The molecule has 0 spiro atoms. The minimum Gasteiger partial charge on any atom is -0.343 e. The van der Waals surface area contributed by atoms with Crippen molar-refractivity contribution in [3.63, 3.8) is 0 Å². The fourth-order valence-corrected chi connectivity index (χ4v) is 4.81. The van der Waals surface area contributed by atoms with E-state index in [9.17, 15) is 13.2 Å². The van der Waals surface area contributed by atoms with Gasteiger partial charge >= 0.3 is 0 Å². The van der Waals surface area contributed by atoms with Gasteiger partial charge < -0.3 is 9.47 Å². The first-order valence-corrected chi connectivity index (χ1v) is 10.2. The average Bonchev–Trinajstić information content (AvgIpc) is 3.15. The number of anilines is 1. The average molecular weight is 375 g/mol. The summed E-state index contributed by atoms with van der Waals surface area (Å²) < 4.78 is 30.1. The molecular formula is C19H25N3O3S. The number of sulfonamides is 1. The smallest absolute Gasteiger partial charge is 0.270 e. The monoisotopic (exact) mass is 375 g/mol. The number of hydrogen-bond acceptors (Lipinski definition) is 3. The highest BCUT2D eigenvalue weighted by molar-refractivity contribution is 7.92. The van der Waals surface area contributed by atoms with Crippen LogP contribution in [0.25, 0.3) is 0 Å². The number of nitrogens with one attached hydrogen (secondary N) is 1. The Morgan fingerprint density at radius 2 is 1.58 bits per heavy atom. The van der Waals surface area contributed by atoms with Crippen LogP contribution in [-0.4, -0.2) is 36.9 Å². The molecule has 1 aromatic carbocycles. The van der Waals surface area contributed by atoms with Crippen LogP contribution in [-0.2, 0) is 17.1 Å². The van der Waals surface area contributed by atoms with E-state index in [2.05, 4.69) is 4.72 Å². The van der Waals surface area contributed by atoms with Crippen molar-refractivity contribution in [2.24, 2.45) is 7.05 Å². The van der Waals surface area contributed by atoms with Gasteiger partial charge in [-0.1, -0.05) is 6.07 Å². The van der Waals surface area contributed by atoms with Crippen molar-refractivity contribution in [1.29, 1.82) is 0 Å². The van der Waals surface area contributed by atoms with Crippen LogP contribution in [0.1, 0.15) is 40.2 Å². The van der Waals surface area contributed by atoms with E-state index in [1.165, 1.54) is 6.07 Å². The minimum atomic E-state index is -3.78. The molecule has 7 heteroatoms. The van der Waals surface area contributed by atoms with Gasteiger partial charge in [0, 0.05) is 31.5 Å². The summed E-state index contributed by atoms with van der Waals surface area (Å²) in [5, 5.41) is 0. The Labute approximate surface area is 154 Å². The van der Waals surface area contributed by atoms with Crippen molar-refractivity contribution in [3.8, 4) is 0 Å². The number of amides is 1. The Hall–Kier alpha value is -2.28. The van der Waals surface area contributed by atoms with Crippen molar-refractivity contribution in [2.45, 2.75) is 38.5 Å². The molecule has 2 heterocycles. The Morgan fingerprint density at radius 1 is 1.00 bits per heavy atom. The van der Waals surface area contributed by atoms with Gasteiger partial charge in [-0.3, -0.25) is 9.52 Å². The fourth-order valence-electron chi connectivity index (χ4n) is 3.47. The maximum atomic E-state index is 12.9. The summed E-state index contributed by atoms with van der Waals surface area (Å²) in [6, 6.07) is 7.05. The Balaban J connectivity index is 1.95. The van der Waals surface area contributed by atoms with Gasteiger partial charge in [0.15, 0.2) is 0 Å². The molecule has 1 amide bonds. The van der Waals surface area contributed by atoms with Crippen molar-refractivity contribution in [3.05, 3.63) is 46.8 Å². The fraction of sp³-hybridized carbons (Fsp3) is 0.421. The zero-order valence-corrected chi connectivity index (χ0v) is 16.5. The van der Waals surface area contributed by atoms with Crippen LogP contribution in [0.2, 0.25) is 0 Å². The van der Waals surface area contributed by atoms with E-state index < -0.39 is 10.0 Å². The first-order valence-electron chi connectivity index (χ1n) is 8.76. The SMILES string of the molecule is Cc1cc(C)cc(NS(=O)(=O)c2cc(C(=O)N3CCCC3)n(C)c2C)c1. The standard InChI is InChI=1S/C19H25N3O3S/c1-13-9-14(2)11-16(10-13)20-26(24,25)18-12-17(21(4)15(18)3)19(23)22-7-5-6-8-22/h9-12,20H,5-8H2,1-4H3. The lowest BCUT2D eigenvalue weighted by molar-refractivity contribution is 0.0783. The lowest BCUT2D eigenvalue weighted by Crippen LogP contribution is -2.29. The summed E-state index contributed by atoms with van der Waals surface area (Å²) >= 11 is 0. The molecule has 0 bridgehead atoms. The van der Waals surface area contributed by atoms with E-state index in [0.29, 0.717) is 17.1 Å². The highest BCUT2D eigenvalue weighted by Gasteiger charge is 2.28. The molecule has 140 valence electrons. The van der Waals surface area contributed by atoms with Gasteiger partial charge in [0.05, 0.1) is 0 Å². The van der Waals surface area contributed by atoms with E-state index in [1.807, 2.05) is 19.9 Å². The number of carbonyl (C=O) groups excluding carboxylic acids is 1. The maximum Gasteiger partial charge on any atom is 0.270 e. The second kappa shape index (κ2) is 6.79. The van der Waals surface area contributed by atoms with Crippen molar-refractivity contribution >= 4 is 21.6 Å². The number of aryl methyl sites for hydroxylation is 2. The van der Waals surface area contributed by atoms with Crippen LogP contribution in [0.15, 0.2) is 29.2 Å². The summed E-state index contributed by atoms with van der Waals surface area (Å²) in [4.78, 5) is 14.6. The number of nitrogens with zero attached hydrogens (tertiary/aromatic N) is 2. The molecule has 0 unspecified atom stereocenters. The molecule has 0 radical (unpaired) electrons.